The Morgan fingerprint density at radius 3 is 1.46 bits per heavy atom. The third-order valence-electron chi connectivity index (χ3n) is 4.29. The molecular formula is C21H18N4O. The van der Waals surface area contributed by atoms with Gasteiger partial charge in [0.2, 0.25) is 5.78 Å². The summed E-state index contributed by atoms with van der Waals surface area (Å²) in [6.45, 7) is 3.71. The van der Waals surface area contributed by atoms with E-state index in [0.717, 1.165) is 22.5 Å². The average molecular weight is 342 g/mol. The molecule has 0 amide bonds. The van der Waals surface area contributed by atoms with E-state index < -0.39 is 0 Å². The number of nitrogens with one attached hydrogen (secondary N) is 2. The summed E-state index contributed by atoms with van der Waals surface area (Å²) in [7, 11) is 0. The SMILES string of the molecule is Cc1[nH]c(-c2ccccc2)nc1C(=O)c1nc(-c2ccccc2)[nH]c1C. The third kappa shape index (κ3) is 2.84. The molecule has 2 aromatic carbocycles. The molecule has 0 bridgehead atoms. The maximum Gasteiger partial charge on any atom is 0.233 e. The molecule has 2 aromatic heterocycles. The molecule has 0 radical (unpaired) electrons. The van der Waals surface area contributed by atoms with E-state index in [4.69, 9.17) is 0 Å². The predicted octanol–water partition coefficient (Wildman–Crippen LogP) is 4.31. The summed E-state index contributed by atoms with van der Waals surface area (Å²) in [5.41, 5.74) is 4.16. The first-order chi connectivity index (χ1) is 12.6. The van der Waals surface area contributed by atoms with Crippen molar-refractivity contribution in [2.24, 2.45) is 0 Å². The fourth-order valence-electron chi connectivity index (χ4n) is 2.94. The molecule has 5 nitrogen and oxygen atoms in total. The Kier molecular flexibility index (Phi) is 3.97. The lowest BCUT2D eigenvalue weighted by molar-refractivity contribution is 0.102. The average Bonchev–Trinajstić information content (AvgIpc) is 3.26. The van der Waals surface area contributed by atoms with Gasteiger partial charge in [0.1, 0.15) is 23.0 Å². The summed E-state index contributed by atoms with van der Waals surface area (Å²) in [4.78, 5) is 28.5. The lowest BCUT2D eigenvalue weighted by Gasteiger charge is -1.96. The van der Waals surface area contributed by atoms with E-state index in [1.165, 1.54) is 0 Å². The highest BCUT2D eigenvalue weighted by Crippen LogP contribution is 2.22. The summed E-state index contributed by atoms with van der Waals surface area (Å²) in [5.74, 6) is 1.18. The van der Waals surface area contributed by atoms with Crippen LogP contribution in [0, 0.1) is 13.8 Å². The largest absolute Gasteiger partial charge is 0.341 e. The number of H-pyrrole nitrogens is 2. The van der Waals surface area contributed by atoms with Crippen molar-refractivity contribution in [2.45, 2.75) is 13.8 Å². The minimum atomic E-state index is -0.183. The van der Waals surface area contributed by atoms with Crippen molar-refractivity contribution >= 4 is 5.78 Å². The van der Waals surface area contributed by atoms with E-state index >= 15 is 0 Å². The van der Waals surface area contributed by atoms with E-state index in [2.05, 4.69) is 19.9 Å². The van der Waals surface area contributed by atoms with Crippen LogP contribution in [0.4, 0.5) is 0 Å². The molecule has 26 heavy (non-hydrogen) atoms. The summed E-state index contributed by atoms with van der Waals surface area (Å²) in [5, 5.41) is 0. The van der Waals surface area contributed by atoms with Gasteiger partial charge >= 0.3 is 0 Å². The summed E-state index contributed by atoms with van der Waals surface area (Å²) < 4.78 is 0. The Morgan fingerprint density at radius 1 is 0.692 bits per heavy atom. The van der Waals surface area contributed by atoms with Gasteiger partial charge in [-0.3, -0.25) is 4.79 Å². The number of rotatable bonds is 4. The number of hydrogen-bond donors (Lipinski definition) is 2. The summed E-state index contributed by atoms with van der Waals surface area (Å²) in [6, 6.07) is 19.5. The van der Waals surface area contributed by atoms with Crippen molar-refractivity contribution in [3.8, 4) is 22.8 Å². The topological polar surface area (TPSA) is 74.4 Å². The second kappa shape index (κ2) is 6.44. The number of aromatic amines is 2. The van der Waals surface area contributed by atoms with E-state index in [0.29, 0.717) is 23.0 Å². The Morgan fingerprint density at radius 2 is 1.08 bits per heavy atom. The zero-order valence-corrected chi connectivity index (χ0v) is 14.6. The molecule has 0 unspecified atom stereocenters. The number of imidazole rings is 2. The van der Waals surface area contributed by atoms with Crippen molar-refractivity contribution in [2.75, 3.05) is 0 Å². The molecule has 0 saturated heterocycles. The quantitative estimate of drug-likeness (QED) is 0.543. The third-order valence-corrected chi connectivity index (χ3v) is 4.29. The van der Waals surface area contributed by atoms with Crippen molar-refractivity contribution in [1.82, 2.24) is 19.9 Å². The minimum absolute atomic E-state index is 0.183. The van der Waals surface area contributed by atoms with Crippen LogP contribution >= 0.6 is 0 Å². The number of nitrogens with zero attached hydrogens (tertiary/aromatic N) is 2. The van der Waals surface area contributed by atoms with Crippen molar-refractivity contribution in [3.05, 3.63) is 83.4 Å². The van der Waals surface area contributed by atoms with Gasteiger partial charge in [0.15, 0.2) is 0 Å². The zero-order valence-electron chi connectivity index (χ0n) is 14.6. The first-order valence-electron chi connectivity index (χ1n) is 8.42. The second-order valence-electron chi connectivity index (χ2n) is 6.18. The molecule has 0 aliphatic rings. The van der Waals surface area contributed by atoms with Crippen LogP contribution in [0.15, 0.2) is 60.7 Å². The molecule has 0 aliphatic carbocycles. The minimum Gasteiger partial charge on any atom is -0.341 e. The van der Waals surface area contributed by atoms with Crippen molar-refractivity contribution in [1.29, 1.82) is 0 Å². The van der Waals surface area contributed by atoms with Gasteiger partial charge in [0, 0.05) is 22.5 Å². The highest BCUT2D eigenvalue weighted by atomic mass is 16.1. The van der Waals surface area contributed by atoms with Crippen molar-refractivity contribution in [3.63, 3.8) is 0 Å². The van der Waals surface area contributed by atoms with Gasteiger partial charge in [0.05, 0.1) is 0 Å². The summed E-state index contributed by atoms with van der Waals surface area (Å²) in [6.07, 6.45) is 0. The molecule has 0 aliphatic heterocycles. The Bertz CT molecular complexity index is 976. The van der Waals surface area contributed by atoms with Gasteiger partial charge in [-0.15, -0.1) is 0 Å². The molecular weight excluding hydrogens is 324 g/mol. The van der Waals surface area contributed by atoms with Crippen LogP contribution in [0.2, 0.25) is 0 Å². The number of aromatic nitrogens is 4. The Balaban J connectivity index is 1.71. The van der Waals surface area contributed by atoms with Crippen molar-refractivity contribution < 1.29 is 4.79 Å². The van der Waals surface area contributed by atoms with Gasteiger partial charge in [-0.05, 0) is 13.8 Å². The molecule has 0 atom stereocenters. The van der Waals surface area contributed by atoms with Crippen LogP contribution in [0.3, 0.4) is 0 Å². The lowest BCUT2D eigenvalue weighted by atomic mass is 10.1. The number of carbonyl (C=O) groups is 1. The summed E-state index contributed by atoms with van der Waals surface area (Å²) >= 11 is 0. The normalized spacial score (nSPS) is 10.8. The van der Waals surface area contributed by atoms with Crippen LogP contribution in [-0.2, 0) is 0 Å². The molecule has 2 heterocycles. The molecule has 0 saturated carbocycles. The zero-order chi connectivity index (χ0) is 18.1. The molecule has 2 N–H and O–H groups in total. The second-order valence-corrected chi connectivity index (χ2v) is 6.18. The lowest BCUT2D eigenvalue weighted by Crippen LogP contribution is -2.06. The van der Waals surface area contributed by atoms with Crippen LogP contribution in [0.5, 0.6) is 0 Å². The molecule has 128 valence electrons. The van der Waals surface area contributed by atoms with Crippen LogP contribution in [0.1, 0.15) is 27.6 Å². The van der Waals surface area contributed by atoms with Crippen LogP contribution in [0.25, 0.3) is 22.8 Å². The molecule has 4 rings (SSSR count). The van der Waals surface area contributed by atoms with E-state index in [-0.39, 0.29) is 5.78 Å². The fraction of sp³-hybridized carbons (Fsp3) is 0.0952. The molecule has 5 heteroatoms. The standard InChI is InChI=1S/C21H18N4O/c1-13-17(24-20(22-13)15-9-5-3-6-10-15)19(26)18-14(2)23-21(25-18)16-11-7-4-8-12-16/h3-12H,1-2H3,(H,22,24)(H,23,25). The first-order valence-corrected chi connectivity index (χ1v) is 8.42. The number of benzene rings is 2. The monoisotopic (exact) mass is 342 g/mol. The maximum atomic E-state index is 13.0. The smallest absolute Gasteiger partial charge is 0.233 e. The van der Waals surface area contributed by atoms with Gasteiger partial charge in [-0.2, -0.15) is 0 Å². The van der Waals surface area contributed by atoms with Crippen LogP contribution in [-0.4, -0.2) is 25.7 Å². The fourth-order valence-corrected chi connectivity index (χ4v) is 2.94. The van der Waals surface area contributed by atoms with Gasteiger partial charge < -0.3 is 9.97 Å². The van der Waals surface area contributed by atoms with E-state index in [1.54, 1.807) is 0 Å². The van der Waals surface area contributed by atoms with Gasteiger partial charge in [0.25, 0.3) is 0 Å². The van der Waals surface area contributed by atoms with Gasteiger partial charge in [-0.1, -0.05) is 60.7 Å². The molecule has 0 fully saturated rings. The Labute approximate surface area is 151 Å². The first kappa shape index (κ1) is 16.0. The van der Waals surface area contributed by atoms with E-state index in [1.807, 2.05) is 74.5 Å². The number of carbonyl (C=O) groups excluding carboxylic acids is 1. The van der Waals surface area contributed by atoms with Gasteiger partial charge in [-0.25, -0.2) is 9.97 Å². The highest BCUT2D eigenvalue weighted by molar-refractivity contribution is 6.08. The van der Waals surface area contributed by atoms with E-state index in [9.17, 15) is 4.79 Å². The Hall–Kier alpha value is -3.47. The number of aryl methyl sites for hydroxylation is 2. The molecule has 0 spiro atoms. The number of hydrogen-bond acceptors (Lipinski definition) is 3. The molecule has 4 aromatic rings. The maximum absolute atomic E-state index is 13.0. The van der Waals surface area contributed by atoms with Crippen LogP contribution < -0.4 is 0 Å². The predicted molar refractivity (Wildman–Crippen MR) is 101 cm³/mol. The number of ketones is 1. The highest BCUT2D eigenvalue weighted by Gasteiger charge is 2.22.